The normalized spacial score (nSPS) is 13.4. The first-order valence-corrected chi connectivity index (χ1v) is 18.7. The minimum atomic E-state index is -2.00. The fraction of sp³-hybridized carbons (Fsp3) is 0.0500. The van der Waals surface area contributed by atoms with Crippen molar-refractivity contribution in [3.8, 4) is 28.7 Å². The summed E-state index contributed by atoms with van der Waals surface area (Å²) in [6, 6.07) is 42.5. The molecule has 9 aromatic rings. The molecule has 4 aromatic heterocycles. The van der Waals surface area contributed by atoms with Crippen molar-refractivity contribution in [1.29, 1.82) is 0 Å². The Bertz CT molecular complexity index is 2750. The van der Waals surface area contributed by atoms with Gasteiger partial charge in [0.2, 0.25) is 0 Å². The zero-order chi connectivity index (χ0) is 31.3. The molecule has 8 heteroatoms. The molecule has 0 unspecified atom stereocenters. The summed E-state index contributed by atoms with van der Waals surface area (Å²) in [5.74, 6) is 3.04. The SMILES string of the molecule is C[Si]1(C)c2ccccc2Oc2cc3c(cc21)c1cccnc1n3-c1[c-]c(Oc2[c-]c3c(cc2)c2ccccc2n2ccnc32)ccc1.[Pd+2]. The molecule has 6 nitrogen and oxygen atoms in total. The third-order valence-electron chi connectivity index (χ3n) is 9.53. The first-order chi connectivity index (χ1) is 23.0. The molecule has 5 heterocycles. The van der Waals surface area contributed by atoms with E-state index in [1.807, 2.05) is 61.1 Å². The summed E-state index contributed by atoms with van der Waals surface area (Å²) in [5, 5.41) is 7.98. The van der Waals surface area contributed by atoms with Crippen molar-refractivity contribution in [2.24, 2.45) is 0 Å². The molecule has 48 heavy (non-hydrogen) atoms. The number of fused-ring (bicyclic) bond motifs is 11. The van der Waals surface area contributed by atoms with Gasteiger partial charge >= 0.3 is 20.4 Å². The Morgan fingerprint density at radius 2 is 1.46 bits per heavy atom. The van der Waals surface area contributed by atoms with Gasteiger partial charge in [-0.05, 0) is 46.1 Å². The first-order valence-electron chi connectivity index (χ1n) is 15.7. The zero-order valence-electron chi connectivity index (χ0n) is 26.0. The minimum absolute atomic E-state index is 0. The van der Waals surface area contributed by atoms with Crippen LogP contribution in [-0.4, -0.2) is 27.0 Å². The Balaban J connectivity index is 0.00000314. The molecule has 0 aliphatic carbocycles. The molecule has 5 aromatic carbocycles. The predicted molar refractivity (Wildman–Crippen MR) is 190 cm³/mol. The molecule has 232 valence electrons. The molecule has 0 spiro atoms. The summed E-state index contributed by atoms with van der Waals surface area (Å²) in [7, 11) is -2.00. The molecule has 1 aliphatic rings. The number of para-hydroxylation sites is 2. The second-order valence-corrected chi connectivity index (χ2v) is 16.9. The maximum atomic E-state index is 6.55. The summed E-state index contributed by atoms with van der Waals surface area (Å²) in [4.78, 5) is 9.50. The van der Waals surface area contributed by atoms with Gasteiger partial charge < -0.3 is 18.4 Å². The van der Waals surface area contributed by atoms with Gasteiger partial charge in [0.05, 0.1) is 11.2 Å². The van der Waals surface area contributed by atoms with Gasteiger partial charge in [0.1, 0.15) is 25.2 Å². The van der Waals surface area contributed by atoms with Crippen LogP contribution in [0, 0.1) is 12.1 Å². The summed E-state index contributed by atoms with van der Waals surface area (Å²) in [6.07, 6.45) is 5.65. The number of rotatable bonds is 3. The molecule has 0 atom stereocenters. The van der Waals surface area contributed by atoms with Gasteiger partial charge in [-0.1, -0.05) is 72.0 Å². The van der Waals surface area contributed by atoms with Gasteiger partial charge in [0, 0.05) is 52.4 Å². The number of aromatic nitrogens is 4. The number of nitrogens with zero attached hydrogens (tertiary/aromatic N) is 4. The molecular weight excluding hydrogens is 703 g/mol. The molecule has 0 fully saturated rings. The molecule has 0 radical (unpaired) electrons. The van der Waals surface area contributed by atoms with E-state index in [9.17, 15) is 0 Å². The average molecular weight is 729 g/mol. The summed E-state index contributed by atoms with van der Waals surface area (Å²) in [6.45, 7) is 4.80. The van der Waals surface area contributed by atoms with Crippen LogP contribution in [0.1, 0.15) is 0 Å². The quantitative estimate of drug-likeness (QED) is 0.104. The molecule has 0 amide bonds. The van der Waals surface area contributed by atoms with E-state index in [-0.39, 0.29) is 20.4 Å². The van der Waals surface area contributed by atoms with Crippen molar-refractivity contribution in [2.75, 3.05) is 0 Å². The van der Waals surface area contributed by atoms with E-state index in [0.29, 0.717) is 11.5 Å². The number of benzene rings is 5. The van der Waals surface area contributed by atoms with Crippen LogP contribution in [0.2, 0.25) is 13.1 Å². The van der Waals surface area contributed by atoms with Crippen molar-refractivity contribution in [2.45, 2.75) is 13.1 Å². The topological polar surface area (TPSA) is 53.6 Å². The average Bonchev–Trinajstić information content (AvgIpc) is 3.72. The van der Waals surface area contributed by atoms with Gasteiger partial charge in [-0.3, -0.25) is 4.98 Å². The number of hydrogen-bond acceptors (Lipinski definition) is 4. The van der Waals surface area contributed by atoms with Gasteiger partial charge in [0.15, 0.2) is 0 Å². The van der Waals surface area contributed by atoms with Crippen molar-refractivity contribution in [3.05, 3.63) is 134 Å². The van der Waals surface area contributed by atoms with E-state index < -0.39 is 8.07 Å². The summed E-state index contributed by atoms with van der Waals surface area (Å²) >= 11 is 0. The van der Waals surface area contributed by atoms with Crippen LogP contribution >= 0.6 is 0 Å². The maximum absolute atomic E-state index is 6.55. The number of pyridine rings is 2. The van der Waals surface area contributed by atoms with Gasteiger partial charge in [0.25, 0.3) is 0 Å². The second kappa shape index (κ2) is 10.6. The predicted octanol–water partition coefficient (Wildman–Crippen LogP) is 8.45. The van der Waals surface area contributed by atoms with Crippen LogP contribution in [0.3, 0.4) is 0 Å². The molecule has 0 saturated carbocycles. The monoisotopic (exact) mass is 728 g/mol. The number of ether oxygens (including phenoxy) is 2. The fourth-order valence-corrected chi connectivity index (χ4v) is 10.1. The Morgan fingerprint density at radius 1 is 0.646 bits per heavy atom. The molecule has 0 saturated heterocycles. The van der Waals surface area contributed by atoms with E-state index in [1.165, 1.54) is 10.4 Å². The second-order valence-electron chi connectivity index (χ2n) is 12.6. The molecule has 0 N–H and O–H groups in total. The Kier molecular flexibility index (Phi) is 6.40. The standard InChI is InChI=1S/C40H26N4O2Si.Pd/c1-47(2)37-15-6-5-14-35(37)46-36-24-34-31(23-38(36)47)30-12-8-18-41-40(30)44(34)25-9-7-10-26(21-25)45-27-16-17-28-29-11-3-4-13-33(29)43-20-19-42-39(43)32(28)22-27;/h3-20,23-24H,1-2H3;/q-2;+2. The van der Waals surface area contributed by atoms with Crippen LogP contribution in [0.15, 0.2) is 122 Å². The largest absolute Gasteiger partial charge is 2.00 e. The van der Waals surface area contributed by atoms with Crippen molar-refractivity contribution in [1.82, 2.24) is 18.9 Å². The van der Waals surface area contributed by atoms with E-state index in [0.717, 1.165) is 66.4 Å². The summed E-state index contributed by atoms with van der Waals surface area (Å²) < 4.78 is 17.3. The Morgan fingerprint density at radius 3 is 2.40 bits per heavy atom. The van der Waals surface area contributed by atoms with E-state index in [2.05, 4.69) is 99.8 Å². The van der Waals surface area contributed by atoms with Crippen molar-refractivity contribution >= 4 is 67.7 Å². The van der Waals surface area contributed by atoms with Crippen LogP contribution in [0.5, 0.6) is 23.0 Å². The van der Waals surface area contributed by atoms with Crippen LogP contribution in [-0.2, 0) is 20.4 Å². The summed E-state index contributed by atoms with van der Waals surface area (Å²) in [5.41, 5.74) is 4.66. The van der Waals surface area contributed by atoms with Crippen LogP contribution in [0.4, 0.5) is 0 Å². The van der Waals surface area contributed by atoms with Gasteiger partial charge in [-0.2, -0.15) is 6.07 Å². The van der Waals surface area contributed by atoms with Gasteiger partial charge in [-0.25, -0.2) is 4.98 Å². The smallest absolute Gasteiger partial charge is 0.503 e. The zero-order valence-corrected chi connectivity index (χ0v) is 28.5. The Hall–Kier alpha value is -5.26. The van der Waals surface area contributed by atoms with E-state index in [1.54, 1.807) is 0 Å². The molecular formula is C40H26N4O2PdSi. The van der Waals surface area contributed by atoms with E-state index in [4.69, 9.17) is 14.5 Å². The number of hydrogen-bond donors (Lipinski definition) is 0. The van der Waals surface area contributed by atoms with Crippen LogP contribution < -0.4 is 19.8 Å². The third-order valence-corrected chi connectivity index (χ3v) is 13.0. The first kappa shape index (κ1) is 28.9. The third kappa shape index (κ3) is 4.13. The molecule has 0 bridgehead atoms. The van der Waals surface area contributed by atoms with Crippen molar-refractivity contribution in [3.63, 3.8) is 0 Å². The fourth-order valence-electron chi connectivity index (χ4n) is 7.30. The van der Waals surface area contributed by atoms with E-state index >= 15 is 0 Å². The number of imidazole rings is 1. The van der Waals surface area contributed by atoms with Crippen molar-refractivity contribution < 1.29 is 29.9 Å². The Labute approximate surface area is 290 Å². The minimum Gasteiger partial charge on any atom is -0.503 e. The molecule has 1 aliphatic heterocycles. The maximum Gasteiger partial charge on any atom is 2.00 e. The van der Waals surface area contributed by atoms with Gasteiger partial charge in [-0.15, -0.1) is 30.3 Å². The molecule has 10 rings (SSSR count). The van der Waals surface area contributed by atoms with Crippen LogP contribution in [0.25, 0.3) is 54.9 Å².